The van der Waals surface area contributed by atoms with E-state index in [1.165, 1.54) is 18.2 Å². The van der Waals surface area contributed by atoms with Crippen molar-refractivity contribution in [1.82, 2.24) is 4.98 Å². The number of pyridine rings is 1. The Bertz CT molecular complexity index is 1450. The third kappa shape index (κ3) is 3.36. The lowest BCUT2D eigenvalue weighted by molar-refractivity contribution is 0.0601. The zero-order chi connectivity index (χ0) is 21.5. The number of carbonyl (C=O) groups excluding carboxylic acids is 1. The number of hydrogen-bond acceptors (Lipinski definition) is 4. The molecule has 5 rings (SSSR count). The number of nitrogens with zero attached hydrogens (tertiary/aromatic N) is 1. The monoisotopic (exact) mass is 407 g/mol. The summed E-state index contributed by atoms with van der Waals surface area (Å²) < 4.78 is 11.0. The Kier molecular flexibility index (Phi) is 4.55. The van der Waals surface area contributed by atoms with Gasteiger partial charge in [0.15, 0.2) is 0 Å². The molecule has 4 heteroatoms. The van der Waals surface area contributed by atoms with E-state index in [1.807, 2.05) is 30.5 Å². The summed E-state index contributed by atoms with van der Waals surface area (Å²) in [5.74, 6) is 0.454. The maximum atomic E-state index is 11.7. The molecule has 0 aliphatic carbocycles. The number of aromatic nitrogens is 1. The first-order valence-electron chi connectivity index (χ1n) is 10.1. The summed E-state index contributed by atoms with van der Waals surface area (Å²) in [5.41, 5.74) is 7.72. The average Bonchev–Trinajstić information content (AvgIpc) is 3.24. The maximum absolute atomic E-state index is 11.7. The molecular weight excluding hydrogens is 386 g/mol. The van der Waals surface area contributed by atoms with Crippen molar-refractivity contribution in [3.63, 3.8) is 0 Å². The van der Waals surface area contributed by atoms with E-state index in [4.69, 9.17) is 9.15 Å². The van der Waals surface area contributed by atoms with Crippen LogP contribution in [0.3, 0.4) is 0 Å². The first-order valence-corrected chi connectivity index (χ1v) is 10.1. The maximum Gasteiger partial charge on any atom is 0.337 e. The SMILES string of the molecule is COC(=O)c1ccc(-c2ccc3cc(-c4cnc5c(C)ccc(C)c5c4)oc3c2)cc1. The van der Waals surface area contributed by atoms with Gasteiger partial charge in [0.25, 0.3) is 0 Å². The smallest absolute Gasteiger partial charge is 0.337 e. The molecule has 0 bridgehead atoms. The zero-order valence-electron chi connectivity index (χ0n) is 17.6. The molecule has 0 aliphatic rings. The highest BCUT2D eigenvalue weighted by Gasteiger charge is 2.11. The average molecular weight is 407 g/mol. The number of furan rings is 1. The number of fused-ring (bicyclic) bond motifs is 2. The highest BCUT2D eigenvalue weighted by Crippen LogP contribution is 2.33. The fraction of sp³-hybridized carbons (Fsp3) is 0.111. The Balaban J connectivity index is 1.53. The molecule has 0 amide bonds. The molecule has 2 heterocycles. The second kappa shape index (κ2) is 7.40. The molecule has 0 aliphatic heterocycles. The number of esters is 1. The number of aryl methyl sites for hydroxylation is 2. The predicted molar refractivity (Wildman–Crippen MR) is 123 cm³/mol. The van der Waals surface area contributed by atoms with E-state index in [0.717, 1.165) is 44.3 Å². The molecule has 0 spiro atoms. The van der Waals surface area contributed by atoms with Gasteiger partial charge in [0.05, 0.1) is 18.2 Å². The summed E-state index contributed by atoms with van der Waals surface area (Å²) in [6.07, 6.45) is 1.87. The standard InChI is InChI=1S/C27H21NO3/c1-16-4-5-17(2)26-23(16)12-22(15-28-26)25-14-21-11-10-20(13-24(21)31-25)18-6-8-19(9-7-18)27(29)30-3/h4-15H,1-3H3. The van der Waals surface area contributed by atoms with Crippen LogP contribution in [0.4, 0.5) is 0 Å². The molecule has 0 radical (unpaired) electrons. The Morgan fingerprint density at radius 3 is 2.35 bits per heavy atom. The normalized spacial score (nSPS) is 11.2. The molecule has 0 unspecified atom stereocenters. The van der Waals surface area contributed by atoms with Crippen LogP contribution in [0.5, 0.6) is 0 Å². The summed E-state index contributed by atoms with van der Waals surface area (Å²) >= 11 is 0. The first-order chi connectivity index (χ1) is 15.0. The number of hydrogen-bond donors (Lipinski definition) is 0. The quantitative estimate of drug-likeness (QED) is 0.312. The summed E-state index contributed by atoms with van der Waals surface area (Å²) in [6.45, 7) is 4.18. The molecule has 0 saturated heterocycles. The highest BCUT2D eigenvalue weighted by molar-refractivity contribution is 5.92. The van der Waals surface area contributed by atoms with E-state index in [2.05, 4.69) is 49.2 Å². The Morgan fingerprint density at radius 2 is 1.58 bits per heavy atom. The van der Waals surface area contributed by atoms with Crippen LogP contribution in [0.2, 0.25) is 0 Å². The first kappa shape index (κ1) is 19.1. The molecule has 0 fully saturated rings. The number of rotatable bonds is 3. The van der Waals surface area contributed by atoms with Crippen molar-refractivity contribution in [2.75, 3.05) is 7.11 Å². The van der Waals surface area contributed by atoms with E-state index in [0.29, 0.717) is 5.56 Å². The van der Waals surface area contributed by atoms with Gasteiger partial charge in [-0.2, -0.15) is 0 Å². The third-order valence-electron chi connectivity index (χ3n) is 5.71. The van der Waals surface area contributed by atoms with Crippen molar-refractivity contribution in [2.45, 2.75) is 13.8 Å². The van der Waals surface area contributed by atoms with Crippen LogP contribution in [0.25, 0.3) is 44.3 Å². The van der Waals surface area contributed by atoms with E-state index in [9.17, 15) is 4.79 Å². The summed E-state index contributed by atoms with van der Waals surface area (Å²) in [4.78, 5) is 16.3. The molecule has 0 atom stereocenters. The highest BCUT2D eigenvalue weighted by atomic mass is 16.5. The molecule has 3 aromatic carbocycles. The minimum absolute atomic E-state index is 0.341. The van der Waals surface area contributed by atoms with Crippen LogP contribution >= 0.6 is 0 Å². The largest absolute Gasteiger partial charge is 0.465 e. The van der Waals surface area contributed by atoms with Crippen LogP contribution in [0.1, 0.15) is 21.5 Å². The van der Waals surface area contributed by atoms with Gasteiger partial charge in [0.1, 0.15) is 11.3 Å². The van der Waals surface area contributed by atoms with Gasteiger partial charge in [-0.3, -0.25) is 4.98 Å². The lowest BCUT2D eigenvalue weighted by Gasteiger charge is -2.06. The van der Waals surface area contributed by atoms with Crippen LogP contribution < -0.4 is 0 Å². The second-order valence-electron chi connectivity index (χ2n) is 7.75. The lowest BCUT2D eigenvalue weighted by Crippen LogP contribution is -2.00. The lowest BCUT2D eigenvalue weighted by atomic mass is 10.0. The van der Waals surface area contributed by atoms with Gasteiger partial charge in [-0.1, -0.05) is 36.4 Å². The van der Waals surface area contributed by atoms with E-state index in [-0.39, 0.29) is 5.97 Å². The van der Waals surface area contributed by atoms with E-state index in [1.54, 1.807) is 12.1 Å². The summed E-state index contributed by atoms with van der Waals surface area (Å²) in [6, 6.07) is 21.9. The molecule has 0 saturated carbocycles. The fourth-order valence-corrected chi connectivity index (χ4v) is 3.90. The van der Waals surface area contributed by atoms with Crippen molar-refractivity contribution in [3.05, 3.63) is 89.6 Å². The van der Waals surface area contributed by atoms with E-state index < -0.39 is 0 Å². The van der Waals surface area contributed by atoms with Gasteiger partial charge in [-0.25, -0.2) is 4.79 Å². The molecular formula is C27H21NO3. The van der Waals surface area contributed by atoms with Gasteiger partial charge in [-0.15, -0.1) is 0 Å². The van der Waals surface area contributed by atoms with Gasteiger partial charge in [0.2, 0.25) is 0 Å². The van der Waals surface area contributed by atoms with Crippen LogP contribution in [0, 0.1) is 13.8 Å². The Morgan fingerprint density at radius 1 is 0.839 bits per heavy atom. The number of methoxy groups -OCH3 is 1. The van der Waals surface area contributed by atoms with Crippen molar-refractivity contribution < 1.29 is 13.9 Å². The van der Waals surface area contributed by atoms with E-state index >= 15 is 0 Å². The fourth-order valence-electron chi connectivity index (χ4n) is 3.90. The number of carbonyl (C=O) groups is 1. The minimum atomic E-state index is -0.341. The Labute approximate surface area is 180 Å². The summed E-state index contributed by atoms with van der Waals surface area (Å²) in [5, 5.41) is 2.18. The second-order valence-corrected chi connectivity index (χ2v) is 7.75. The third-order valence-corrected chi connectivity index (χ3v) is 5.71. The minimum Gasteiger partial charge on any atom is -0.465 e. The predicted octanol–water partition coefficient (Wildman–Crippen LogP) is 6.72. The van der Waals surface area contributed by atoms with Crippen LogP contribution in [-0.2, 0) is 4.74 Å². The molecule has 5 aromatic rings. The topological polar surface area (TPSA) is 52.3 Å². The van der Waals surface area contributed by atoms with Gasteiger partial charge >= 0.3 is 5.97 Å². The van der Waals surface area contributed by atoms with Crippen molar-refractivity contribution >= 4 is 27.8 Å². The molecule has 0 N–H and O–H groups in total. The summed E-state index contributed by atoms with van der Waals surface area (Å²) in [7, 11) is 1.38. The Hall–Kier alpha value is -3.92. The van der Waals surface area contributed by atoms with Gasteiger partial charge < -0.3 is 9.15 Å². The molecule has 4 nitrogen and oxygen atoms in total. The zero-order valence-corrected chi connectivity index (χ0v) is 17.6. The molecule has 31 heavy (non-hydrogen) atoms. The van der Waals surface area contributed by atoms with Crippen molar-refractivity contribution in [1.29, 1.82) is 0 Å². The van der Waals surface area contributed by atoms with Crippen LogP contribution in [0.15, 0.2) is 77.3 Å². The number of benzene rings is 3. The number of ether oxygens (including phenoxy) is 1. The van der Waals surface area contributed by atoms with Crippen LogP contribution in [-0.4, -0.2) is 18.1 Å². The van der Waals surface area contributed by atoms with Gasteiger partial charge in [-0.05, 0) is 66.4 Å². The van der Waals surface area contributed by atoms with Crippen molar-refractivity contribution in [3.8, 4) is 22.5 Å². The van der Waals surface area contributed by atoms with Crippen molar-refractivity contribution in [2.24, 2.45) is 0 Å². The van der Waals surface area contributed by atoms with Gasteiger partial charge in [0, 0.05) is 22.5 Å². The molecule has 2 aromatic heterocycles. The molecule has 152 valence electrons.